The molecule has 0 saturated carbocycles. The zero-order chi connectivity index (χ0) is 24.7. The van der Waals surface area contributed by atoms with Gasteiger partial charge in [0.1, 0.15) is 18.1 Å². The quantitative estimate of drug-likeness (QED) is 0.351. The van der Waals surface area contributed by atoms with E-state index in [-0.39, 0.29) is 11.3 Å². The van der Waals surface area contributed by atoms with Gasteiger partial charge in [-0.15, -0.1) is 0 Å². The molecule has 0 aromatic heterocycles. The van der Waals surface area contributed by atoms with Crippen molar-refractivity contribution in [1.82, 2.24) is 16.0 Å². The first-order valence-electron chi connectivity index (χ1n) is 10.7. The molecule has 180 valence electrons. The predicted molar refractivity (Wildman–Crippen MR) is 123 cm³/mol. The maximum Gasteiger partial charge on any atom is 0.243 e. The Morgan fingerprint density at radius 2 is 1.47 bits per heavy atom. The lowest BCUT2D eigenvalue weighted by molar-refractivity contribution is -0.138. The number of primary amides is 1. The van der Waals surface area contributed by atoms with Gasteiger partial charge in [-0.3, -0.25) is 19.2 Å². The molecule has 3 atom stereocenters. The number of rotatable bonds is 10. The van der Waals surface area contributed by atoms with E-state index in [4.69, 9.17) is 5.73 Å². The number of benzene rings is 2. The van der Waals surface area contributed by atoms with Gasteiger partial charge in [0.05, 0.1) is 17.1 Å². The molecule has 0 bridgehead atoms. The minimum absolute atomic E-state index is 0.0937. The number of amides is 4. The van der Waals surface area contributed by atoms with E-state index < -0.39 is 63.8 Å². The van der Waals surface area contributed by atoms with E-state index in [0.29, 0.717) is 6.42 Å². The van der Waals surface area contributed by atoms with Crippen LogP contribution in [0.1, 0.15) is 18.4 Å². The molecule has 1 aliphatic heterocycles. The first kappa shape index (κ1) is 24.9. The molecule has 4 amide bonds. The first-order valence-corrected chi connectivity index (χ1v) is 12.3. The van der Waals surface area contributed by atoms with Gasteiger partial charge in [-0.05, 0) is 24.1 Å². The van der Waals surface area contributed by atoms with Crippen molar-refractivity contribution in [2.24, 2.45) is 5.73 Å². The molecule has 2 aromatic rings. The second-order valence-electron chi connectivity index (χ2n) is 7.96. The van der Waals surface area contributed by atoms with E-state index in [2.05, 4.69) is 16.0 Å². The number of hydrogen-bond acceptors (Lipinski definition) is 6. The highest BCUT2D eigenvalue weighted by Crippen LogP contribution is 2.13. The van der Waals surface area contributed by atoms with Crippen molar-refractivity contribution in [2.75, 3.05) is 5.75 Å². The molecule has 5 N–H and O–H groups in total. The Bertz CT molecular complexity index is 1150. The molecule has 1 heterocycles. The van der Waals surface area contributed by atoms with Crippen molar-refractivity contribution in [3.63, 3.8) is 0 Å². The number of nitrogens with two attached hydrogens (primary N) is 1. The topological polar surface area (TPSA) is 165 Å². The zero-order valence-corrected chi connectivity index (χ0v) is 19.1. The summed E-state index contributed by atoms with van der Waals surface area (Å²) >= 11 is 0. The Labute approximate surface area is 197 Å². The fourth-order valence-electron chi connectivity index (χ4n) is 3.56. The monoisotopic (exact) mass is 486 g/mol. The molecule has 10 nitrogen and oxygen atoms in total. The molecule has 1 fully saturated rings. The van der Waals surface area contributed by atoms with Gasteiger partial charge in [-0.1, -0.05) is 48.5 Å². The van der Waals surface area contributed by atoms with Crippen molar-refractivity contribution in [2.45, 2.75) is 42.3 Å². The van der Waals surface area contributed by atoms with Crippen molar-refractivity contribution in [3.05, 3.63) is 66.2 Å². The third kappa shape index (κ3) is 6.64. The Morgan fingerprint density at radius 3 is 2.09 bits per heavy atom. The summed E-state index contributed by atoms with van der Waals surface area (Å²) in [5, 5.41) is 7.50. The first-order chi connectivity index (χ1) is 16.2. The maximum atomic E-state index is 12.4. The molecule has 2 aromatic carbocycles. The summed E-state index contributed by atoms with van der Waals surface area (Å²) in [6, 6.07) is 13.7. The highest BCUT2D eigenvalue weighted by molar-refractivity contribution is 7.91. The lowest BCUT2D eigenvalue weighted by atomic mass is 10.0. The fraction of sp³-hybridized carbons (Fsp3) is 0.304. The van der Waals surface area contributed by atoms with Crippen LogP contribution in [0.15, 0.2) is 65.6 Å². The van der Waals surface area contributed by atoms with Crippen molar-refractivity contribution in [1.29, 1.82) is 0 Å². The van der Waals surface area contributed by atoms with E-state index in [1.165, 1.54) is 12.1 Å². The van der Waals surface area contributed by atoms with E-state index >= 15 is 0 Å². The van der Waals surface area contributed by atoms with Crippen LogP contribution in [0.4, 0.5) is 0 Å². The van der Waals surface area contributed by atoms with Crippen LogP contribution in [-0.2, 0) is 35.4 Å². The Hall–Kier alpha value is -3.73. The number of hydrogen-bond donors (Lipinski definition) is 4. The lowest BCUT2D eigenvalue weighted by Crippen LogP contribution is -2.63. The Kier molecular flexibility index (Phi) is 8.00. The normalized spacial score (nSPS) is 18.9. The highest BCUT2D eigenvalue weighted by Gasteiger charge is 2.35. The average molecular weight is 487 g/mol. The zero-order valence-electron chi connectivity index (χ0n) is 18.3. The van der Waals surface area contributed by atoms with Crippen molar-refractivity contribution in [3.8, 4) is 0 Å². The summed E-state index contributed by atoms with van der Waals surface area (Å²) < 4.78 is 24.9. The van der Waals surface area contributed by atoms with Crippen LogP contribution in [0.3, 0.4) is 0 Å². The minimum Gasteiger partial charge on any atom is -0.368 e. The third-order valence-electron chi connectivity index (χ3n) is 5.39. The average Bonchev–Trinajstić information content (AvgIpc) is 2.81. The number of sulfone groups is 1. The molecule has 1 aliphatic rings. The molecule has 1 saturated heterocycles. The van der Waals surface area contributed by atoms with Crippen LogP contribution in [-0.4, -0.2) is 55.9 Å². The standard InChI is InChI=1S/C23H26N4O6S/c24-21(29)17(11-12-34(32,33)16-9-5-2-6-10-16)25-20(28)14-19-23(31)26-18(22(30)27-19)13-15-7-3-1-4-8-15/h1-10,17-19H,11-14H2,(H2,24,29)(H,25,28)(H,26,31)(H,27,30)/t17-,18+,19+/m1/s1. The van der Waals surface area contributed by atoms with Crippen molar-refractivity contribution >= 4 is 33.5 Å². The molecular formula is C23H26N4O6S. The van der Waals surface area contributed by atoms with E-state index in [1.807, 2.05) is 30.3 Å². The second kappa shape index (κ2) is 10.9. The molecule has 0 unspecified atom stereocenters. The number of piperazine rings is 1. The van der Waals surface area contributed by atoms with E-state index in [1.54, 1.807) is 18.2 Å². The SMILES string of the molecule is NC(=O)[C@@H](CCS(=O)(=O)c1ccccc1)NC(=O)C[C@@H]1NC(=O)[C@H](Cc2ccccc2)NC1=O. The summed E-state index contributed by atoms with van der Waals surface area (Å²) in [5.41, 5.74) is 6.20. The number of carbonyl (C=O) groups excluding carboxylic acids is 4. The van der Waals surface area contributed by atoms with Crippen LogP contribution < -0.4 is 21.7 Å². The van der Waals surface area contributed by atoms with Gasteiger partial charge in [0.25, 0.3) is 0 Å². The van der Waals surface area contributed by atoms with Gasteiger partial charge in [0.2, 0.25) is 23.6 Å². The maximum absolute atomic E-state index is 12.4. The molecule has 0 aliphatic carbocycles. The van der Waals surface area contributed by atoms with Gasteiger partial charge in [0.15, 0.2) is 9.84 Å². The Morgan fingerprint density at radius 1 is 0.912 bits per heavy atom. The van der Waals surface area contributed by atoms with Gasteiger partial charge in [-0.2, -0.15) is 0 Å². The number of nitrogens with one attached hydrogen (secondary N) is 3. The summed E-state index contributed by atoms with van der Waals surface area (Å²) in [5.74, 6) is -2.99. The van der Waals surface area contributed by atoms with Gasteiger partial charge in [0, 0.05) is 6.42 Å². The molecule has 0 spiro atoms. The van der Waals surface area contributed by atoms with Crippen molar-refractivity contribution < 1.29 is 27.6 Å². The fourth-order valence-corrected chi connectivity index (χ4v) is 4.91. The highest BCUT2D eigenvalue weighted by atomic mass is 32.2. The number of carbonyl (C=O) groups is 4. The summed E-state index contributed by atoms with van der Waals surface area (Å²) in [4.78, 5) is 49.2. The minimum atomic E-state index is -3.68. The van der Waals surface area contributed by atoms with Crippen LogP contribution in [0, 0.1) is 0 Å². The van der Waals surface area contributed by atoms with E-state index in [9.17, 15) is 27.6 Å². The van der Waals surface area contributed by atoms with Crippen LogP contribution >= 0.6 is 0 Å². The third-order valence-corrected chi connectivity index (χ3v) is 7.16. The second-order valence-corrected chi connectivity index (χ2v) is 10.1. The van der Waals surface area contributed by atoms with Crippen LogP contribution in [0.25, 0.3) is 0 Å². The van der Waals surface area contributed by atoms with E-state index in [0.717, 1.165) is 5.56 Å². The summed E-state index contributed by atoms with van der Waals surface area (Å²) in [6.45, 7) is 0. The predicted octanol–water partition coefficient (Wildman–Crippen LogP) is -0.563. The summed E-state index contributed by atoms with van der Waals surface area (Å²) in [7, 11) is -3.68. The lowest BCUT2D eigenvalue weighted by Gasteiger charge is -2.29. The molecule has 11 heteroatoms. The van der Waals surface area contributed by atoms with Crippen LogP contribution in [0.2, 0.25) is 0 Å². The van der Waals surface area contributed by atoms with Gasteiger partial charge < -0.3 is 21.7 Å². The molecule has 3 rings (SSSR count). The Balaban J connectivity index is 1.54. The van der Waals surface area contributed by atoms with Crippen LogP contribution in [0.5, 0.6) is 0 Å². The smallest absolute Gasteiger partial charge is 0.243 e. The van der Waals surface area contributed by atoms with Gasteiger partial charge in [-0.25, -0.2) is 8.42 Å². The molecular weight excluding hydrogens is 460 g/mol. The van der Waals surface area contributed by atoms with Gasteiger partial charge >= 0.3 is 0 Å². The molecule has 0 radical (unpaired) electrons. The molecule has 34 heavy (non-hydrogen) atoms. The largest absolute Gasteiger partial charge is 0.368 e. The summed E-state index contributed by atoms with van der Waals surface area (Å²) in [6.07, 6.45) is -0.359.